The van der Waals surface area contributed by atoms with Crippen LogP contribution < -0.4 is 9.39 Å². The average molecular weight is 186 g/mol. The van der Waals surface area contributed by atoms with Gasteiger partial charge in [-0.1, -0.05) is 11.6 Å². The van der Waals surface area contributed by atoms with E-state index in [2.05, 4.69) is 0 Å². The highest BCUT2D eigenvalue weighted by Gasteiger charge is 2.03. The minimum atomic E-state index is -0.377. The lowest BCUT2D eigenvalue weighted by Crippen LogP contribution is -2.01. The SMILES string of the molecule is COc1cc(Cl)ccc1OBO. The molecule has 1 rings (SSSR count). The van der Waals surface area contributed by atoms with Crippen LogP contribution in [0.2, 0.25) is 5.02 Å². The van der Waals surface area contributed by atoms with Crippen molar-refractivity contribution in [3.05, 3.63) is 23.2 Å². The number of hydrogen-bond donors (Lipinski definition) is 1. The molecule has 0 saturated heterocycles. The number of hydrogen-bond acceptors (Lipinski definition) is 3. The average Bonchev–Trinajstić information content (AvgIpc) is 2.08. The molecule has 0 saturated carbocycles. The molecule has 0 spiro atoms. The molecular formula is C7H8BClO3. The van der Waals surface area contributed by atoms with Crippen molar-refractivity contribution in [1.29, 1.82) is 0 Å². The maximum Gasteiger partial charge on any atom is 0.504 e. The van der Waals surface area contributed by atoms with Crippen molar-refractivity contribution < 1.29 is 14.4 Å². The number of ether oxygens (including phenoxy) is 1. The highest BCUT2D eigenvalue weighted by atomic mass is 35.5. The molecule has 3 nitrogen and oxygen atoms in total. The summed E-state index contributed by atoms with van der Waals surface area (Å²) in [6.45, 7) is 0. The summed E-state index contributed by atoms with van der Waals surface area (Å²) in [5.74, 6) is 0.987. The topological polar surface area (TPSA) is 38.7 Å². The number of methoxy groups -OCH3 is 1. The highest BCUT2D eigenvalue weighted by molar-refractivity contribution is 6.30. The van der Waals surface area contributed by atoms with Gasteiger partial charge in [-0.3, -0.25) is 0 Å². The fourth-order valence-corrected chi connectivity index (χ4v) is 0.992. The molecule has 1 N–H and O–H groups in total. The van der Waals surface area contributed by atoms with Crippen LogP contribution in [-0.2, 0) is 0 Å². The Morgan fingerprint density at radius 3 is 2.75 bits per heavy atom. The smallest absolute Gasteiger partial charge is 0.504 e. The van der Waals surface area contributed by atoms with Gasteiger partial charge >= 0.3 is 7.69 Å². The first-order valence-electron chi connectivity index (χ1n) is 3.35. The van der Waals surface area contributed by atoms with E-state index in [-0.39, 0.29) is 7.69 Å². The Labute approximate surface area is 76.2 Å². The van der Waals surface area contributed by atoms with Crippen LogP contribution in [0.3, 0.4) is 0 Å². The lowest BCUT2D eigenvalue weighted by Gasteiger charge is -2.07. The standard InChI is InChI=1S/C7H8BClO3/c1-11-7-4-5(9)2-3-6(7)12-8-10/h2-4,8,10H,1H3. The van der Waals surface area contributed by atoms with Gasteiger partial charge in [0.25, 0.3) is 0 Å². The molecule has 64 valence electrons. The third-order valence-corrected chi connectivity index (χ3v) is 1.58. The van der Waals surface area contributed by atoms with Crippen molar-refractivity contribution in [2.45, 2.75) is 0 Å². The predicted molar refractivity (Wildman–Crippen MR) is 48.0 cm³/mol. The van der Waals surface area contributed by atoms with Gasteiger partial charge in [-0.25, -0.2) is 0 Å². The molecule has 0 bridgehead atoms. The van der Waals surface area contributed by atoms with Crippen molar-refractivity contribution in [3.8, 4) is 11.5 Å². The molecule has 0 aliphatic heterocycles. The first-order chi connectivity index (χ1) is 5.77. The molecule has 0 fully saturated rings. The second-order valence-electron chi connectivity index (χ2n) is 2.07. The molecule has 5 heteroatoms. The fraction of sp³-hybridized carbons (Fsp3) is 0.143. The van der Waals surface area contributed by atoms with E-state index >= 15 is 0 Å². The van der Waals surface area contributed by atoms with E-state index in [4.69, 9.17) is 26.0 Å². The van der Waals surface area contributed by atoms with E-state index in [1.807, 2.05) is 0 Å². The van der Waals surface area contributed by atoms with Gasteiger partial charge in [0, 0.05) is 11.1 Å². The van der Waals surface area contributed by atoms with Gasteiger partial charge in [0.05, 0.1) is 7.11 Å². The fourth-order valence-electron chi connectivity index (χ4n) is 0.830. The monoisotopic (exact) mass is 186 g/mol. The van der Waals surface area contributed by atoms with Crippen LogP contribution in [0, 0.1) is 0 Å². The van der Waals surface area contributed by atoms with Crippen LogP contribution in [-0.4, -0.2) is 19.8 Å². The van der Waals surface area contributed by atoms with E-state index < -0.39 is 0 Å². The quantitative estimate of drug-likeness (QED) is 0.716. The van der Waals surface area contributed by atoms with Crippen LogP contribution in [0.15, 0.2) is 18.2 Å². The third-order valence-electron chi connectivity index (χ3n) is 1.35. The molecule has 1 aromatic carbocycles. The molecule has 0 aliphatic rings. The Kier molecular flexibility index (Phi) is 3.25. The van der Waals surface area contributed by atoms with E-state index in [1.54, 1.807) is 18.2 Å². The van der Waals surface area contributed by atoms with Crippen LogP contribution >= 0.6 is 11.6 Å². The van der Waals surface area contributed by atoms with Crippen molar-refractivity contribution in [3.63, 3.8) is 0 Å². The maximum atomic E-state index is 8.50. The summed E-state index contributed by atoms with van der Waals surface area (Å²) < 4.78 is 9.81. The minimum Gasteiger partial charge on any atom is -0.536 e. The van der Waals surface area contributed by atoms with Crippen molar-refractivity contribution >= 4 is 19.3 Å². The number of benzene rings is 1. The normalized spacial score (nSPS) is 9.25. The summed E-state index contributed by atoms with van der Waals surface area (Å²) in [6, 6.07) is 4.92. The second-order valence-corrected chi connectivity index (χ2v) is 2.51. The molecule has 12 heavy (non-hydrogen) atoms. The van der Waals surface area contributed by atoms with Crippen LogP contribution in [0.1, 0.15) is 0 Å². The Morgan fingerprint density at radius 2 is 2.17 bits per heavy atom. The zero-order valence-corrected chi connectivity index (χ0v) is 7.34. The van der Waals surface area contributed by atoms with Crippen molar-refractivity contribution in [2.24, 2.45) is 0 Å². The van der Waals surface area contributed by atoms with Gasteiger partial charge in [-0.15, -0.1) is 0 Å². The van der Waals surface area contributed by atoms with Gasteiger partial charge < -0.3 is 14.4 Å². The Balaban J connectivity index is 2.94. The lowest BCUT2D eigenvalue weighted by atomic mass is 10.3. The van der Waals surface area contributed by atoms with Gasteiger partial charge in [0.2, 0.25) is 0 Å². The zero-order valence-electron chi connectivity index (χ0n) is 6.58. The van der Waals surface area contributed by atoms with E-state index in [9.17, 15) is 0 Å². The molecule has 1 aromatic rings. The largest absolute Gasteiger partial charge is 0.536 e. The second kappa shape index (κ2) is 4.23. The summed E-state index contributed by atoms with van der Waals surface area (Å²) in [6.07, 6.45) is 0. The van der Waals surface area contributed by atoms with E-state index in [0.717, 1.165) is 0 Å². The molecule has 0 unspecified atom stereocenters. The summed E-state index contributed by atoms with van der Waals surface area (Å²) in [5.41, 5.74) is 0. The van der Waals surface area contributed by atoms with E-state index in [1.165, 1.54) is 7.11 Å². The minimum absolute atomic E-state index is 0.377. The van der Waals surface area contributed by atoms with Crippen LogP contribution in [0.5, 0.6) is 11.5 Å². The van der Waals surface area contributed by atoms with Gasteiger partial charge in [-0.05, 0) is 12.1 Å². The Bertz CT molecular complexity index is 267. The van der Waals surface area contributed by atoms with Crippen molar-refractivity contribution in [2.75, 3.05) is 7.11 Å². The third kappa shape index (κ3) is 2.06. The number of halogens is 1. The summed E-state index contributed by atoms with van der Waals surface area (Å²) in [4.78, 5) is 0. The molecule has 0 radical (unpaired) electrons. The summed E-state index contributed by atoms with van der Waals surface area (Å²) in [5, 5.41) is 9.06. The first-order valence-corrected chi connectivity index (χ1v) is 3.73. The van der Waals surface area contributed by atoms with Gasteiger partial charge in [0.15, 0.2) is 5.75 Å². The maximum absolute atomic E-state index is 8.50. The lowest BCUT2D eigenvalue weighted by molar-refractivity contribution is 0.381. The summed E-state index contributed by atoms with van der Waals surface area (Å²) >= 11 is 5.70. The molecule has 0 amide bonds. The first kappa shape index (κ1) is 9.22. The molecule has 0 aliphatic carbocycles. The van der Waals surface area contributed by atoms with E-state index in [0.29, 0.717) is 16.5 Å². The molecular weight excluding hydrogens is 178 g/mol. The summed E-state index contributed by atoms with van der Waals surface area (Å²) in [7, 11) is 1.13. The van der Waals surface area contributed by atoms with Crippen LogP contribution in [0.4, 0.5) is 0 Å². The molecule has 0 atom stereocenters. The zero-order chi connectivity index (χ0) is 8.97. The molecule has 0 aromatic heterocycles. The Morgan fingerprint density at radius 1 is 1.42 bits per heavy atom. The highest BCUT2D eigenvalue weighted by Crippen LogP contribution is 2.29. The van der Waals surface area contributed by atoms with Gasteiger partial charge in [-0.2, -0.15) is 0 Å². The van der Waals surface area contributed by atoms with Gasteiger partial charge in [0.1, 0.15) is 5.75 Å². The molecule has 0 heterocycles. The van der Waals surface area contributed by atoms with Crippen LogP contribution in [0.25, 0.3) is 0 Å². The predicted octanol–water partition coefficient (Wildman–Crippen LogP) is 0.986. The Hall–Kier alpha value is -0.865. The number of rotatable bonds is 3. The van der Waals surface area contributed by atoms with Crippen molar-refractivity contribution in [1.82, 2.24) is 0 Å².